The normalized spacial score (nSPS) is 13.4. The Labute approximate surface area is 161 Å². The maximum absolute atomic E-state index is 13.0. The molecule has 0 atom stereocenters. The molecule has 7 nitrogen and oxygen atoms in total. The molecule has 0 fully saturated rings. The Morgan fingerprint density at radius 1 is 1.07 bits per heavy atom. The number of rotatable bonds is 3. The first-order valence-electron chi connectivity index (χ1n) is 8.70. The average Bonchev–Trinajstić information content (AvgIpc) is 3.12. The molecule has 2 heterocycles. The summed E-state index contributed by atoms with van der Waals surface area (Å²) in [6, 6.07) is 15.1. The Bertz CT molecular complexity index is 1230. The summed E-state index contributed by atoms with van der Waals surface area (Å²) in [6.07, 6.45) is 1.79. The van der Waals surface area contributed by atoms with Gasteiger partial charge in [0.15, 0.2) is 0 Å². The van der Waals surface area contributed by atoms with Crippen molar-refractivity contribution < 1.29 is 13.2 Å². The summed E-state index contributed by atoms with van der Waals surface area (Å²) in [4.78, 5) is 29.6. The van der Waals surface area contributed by atoms with Crippen LogP contribution in [0.1, 0.15) is 12.5 Å². The quantitative estimate of drug-likeness (QED) is 0.677. The van der Waals surface area contributed by atoms with Crippen molar-refractivity contribution in [2.24, 2.45) is 0 Å². The number of carbonyl (C=O) groups excluding carboxylic acids is 1. The third-order valence-electron chi connectivity index (χ3n) is 4.73. The predicted molar refractivity (Wildman–Crippen MR) is 105 cm³/mol. The van der Waals surface area contributed by atoms with E-state index in [4.69, 9.17) is 0 Å². The molecule has 1 amide bonds. The Hall–Kier alpha value is -3.26. The highest BCUT2D eigenvalue weighted by Crippen LogP contribution is 2.30. The molecular formula is C20H17N3O4S. The predicted octanol–water partition coefficient (Wildman–Crippen LogP) is 2.06. The first-order valence-corrected chi connectivity index (χ1v) is 10.1. The van der Waals surface area contributed by atoms with Crippen LogP contribution in [0.4, 0.5) is 5.69 Å². The molecule has 1 aliphatic rings. The van der Waals surface area contributed by atoms with Gasteiger partial charge in [-0.2, -0.15) is 8.96 Å². The van der Waals surface area contributed by atoms with Gasteiger partial charge < -0.3 is 4.90 Å². The number of amides is 1. The molecular weight excluding hydrogens is 378 g/mol. The van der Waals surface area contributed by atoms with Crippen LogP contribution in [0.25, 0.3) is 11.3 Å². The van der Waals surface area contributed by atoms with Crippen LogP contribution in [0.15, 0.2) is 70.5 Å². The van der Waals surface area contributed by atoms with Gasteiger partial charge in [-0.3, -0.25) is 4.79 Å². The van der Waals surface area contributed by atoms with Crippen molar-refractivity contribution >= 4 is 21.6 Å². The Balaban J connectivity index is 1.74. The maximum Gasteiger partial charge on any atom is 0.362 e. The summed E-state index contributed by atoms with van der Waals surface area (Å²) in [6.45, 7) is 1.99. The van der Waals surface area contributed by atoms with Crippen molar-refractivity contribution in [3.63, 3.8) is 0 Å². The van der Waals surface area contributed by atoms with Crippen LogP contribution in [-0.4, -0.2) is 29.8 Å². The second-order valence-corrected chi connectivity index (χ2v) is 8.29. The molecule has 0 aliphatic carbocycles. The fraction of sp³-hybridized carbons (Fsp3) is 0.150. The van der Waals surface area contributed by atoms with E-state index in [0.717, 1.165) is 11.1 Å². The molecule has 8 heteroatoms. The van der Waals surface area contributed by atoms with Crippen LogP contribution in [0, 0.1) is 0 Å². The third kappa shape index (κ3) is 3.01. The number of hydrogen-bond donors (Lipinski definition) is 0. The number of nitrogens with zero attached hydrogens (tertiary/aromatic N) is 3. The molecule has 1 aliphatic heterocycles. The summed E-state index contributed by atoms with van der Waals surface area (Å²) in [5, 5.41) is 0. The molecule has 0 saturated carbocycles. The van der Waals surface area contributed by atoms with Crippen LogP contribution in [0.3, 0.4) is 0 Å². The zero-order chi connectivity index (χ0) is 19.9. The molecule has 0 spiro atoms. The molecule has 1 aromatic heterocycles. The largest absolute Gasteiger partial charge is 0.362 e. The van der Waals surface area contributed by atoms with Gasteiger partial charge in [0, 0.05) is 30.9 Å². The number of carbonyl (C=O) groups is 1. The van der Waals surface area contributed by atoms with Gasteiger partial charge in [0.1, 0.15) is 0 Å². The first kappa shape index (κ1) is 18.1. The zero-order valence-corrected chi connectivity index (χ0v) is 15.9. The SMILES string of the molecule is CC(=O)N1CCc2cc(S(=O)(=O)n3ccc(-c4ccccc4)nc3=O)ccc21. The number of hydrogen-bond acceptors (Lipinski definition) is 5. The maximum atomic E-state index is 13.0. The van der Waals surface area contributed by atoms with E-state index >= 15 is 0 Å². The minimum absolute atomic E-state index is 0.00647. The standard InChI is InChI=1S/C20H17N3O4S/c1-14(24)22-11-9-16-13-17(7-8-19(16)22)28(26,27)23-12-10-18(21-20(23)25)15-5-3-2-4-6-15/h2-8,10,12-13H,9,11H2,1H3. The number of benzene rings is 2. The van der Waals surface area contributed by atoms with Crippen LogP contribution >= 0.6 is 0 Å². The lowest BCUT2D eigenvalue weighted by atomic mass is 10.1. The van der Waals surface area contributed by atoms with Gasteiger partial charge in [-0.05, 0) is 36.2 Å². The number of fused-ring (bicyclic) bond motifs is 1. The van der Waals surface area contributed by atoms with Gasteiger partial charge >= 0.3 is 5.69 Å². The monoisotopic (exact) mass is 395 g/mol. The van der Waals surface area contributed by atoms with E-state index in [-0.39, 0.29) is 10.8 Å². The summed E-state index contributed by atoms with van der Waals surface area (Å²) in [5.41, 5.74) is 1.73. The topological polar surface area (TPSA) is 89.3 Å². The van der Waals surface area contributed by atoms with Crippen LogP contribution in [0.5, 0.6) is 0 Å². The Morgan fingerprint density at radius 3 is 2.50 bits per heavy atom. The van der Waals surface area contributed by atoms with Crippen molar-refractivity contribution in [1.82, 2.24) is 8.96 Å². The smallest absolute Gasteiger partial charge is 0.312 e. The van der Waals surface area contributed by atoms with Gasteiger partial charge in [-0.15, -0.1) is 0 Å². The van der Waals surface area contributed by atoms with E-state index in [1.165, 1.54) is 31.3 Å². The van der Waals surface area contributed by atoms with Crippen molar-refractivity contribution in [3.05, 3.63) is 76.8 Å². The number of anilines is 1. The van der Waals surface area contributed by atoms with E-state index in [1.54, 1.807) is 23.1 Å². The van der Waals surface area contributed by atoms with E-state index in [1.807, 2.05) is 18.2 Å². The average molecular weight is 395 g/mol. The highest BCUT2D eigenvalue weighted by atomic mass is 32.2. The molecule has 0 unspecified atom stereocenters. The Kier molecular flexibility index (Phi) is 4.35. The summed E-state index contributed by atoms with van der Waals surface area (Å²) >= 11 is 0. The van der Waals surface area contributed by atoms with E-state index < -0.39 is 15.7 Å². The highest BCUT2D eigenvalue weighted by Gasteiger charge is 2.26. The van der Waals surface area contributed by atoms with Crippen molar-refractivity contribution in [3.8, 4) is 11.3 Å². The molecule has 4 rings (SSSR count). The van der Waals surface area contributed by atoms with Gasteiger partial charge in [-0.1, -0.05) is 30.3 Å². The molecule has 142 valence electrons. The van der Waals surface area contributed by atoms with Crippen LogP contribution in [-0.2, 0) is 21.2 Å². The summed E-state index contributed by atoms with van der Waals surface area (Å²) in [5.74, 6) is -0.0914. The highest BCUT2D eigenvalue weighted by molar-refractivity contribution is 7.90. The second kappa shape index (κ2) is 6.72. The fourth-order valence-electron chi connectivity index (χ4n) is 3.32. The minimum atomic E-state index is -4.09. The molecule has 0 saturated heterocycles. The minimum Gasteiger partial charge on any atom is -0.312 e. The van der Waals surface area contributed by atoms with Crippen molar-refractivity contribution in [2.45, 2.75) is 18.2 Å². The molecule has 0 radical (unpaired) electrons. The van der Waals surface area contributed by atoms with E-state index in [9.17, 15) is 18.0 Å². The second-order valence-electron chi connectivity index (χ2n) is 6.47. The van der Waals surface area contributed by atoms with Gasteiger partial charge in [-0.25, -0.2) is 13.2 Å². The van der Waals surface area contributed by atoms with E-state index in [0.29, 0.717) is 28.3 Å². The van der Waals surface area contributed by atoms with E-state index in [2.05, 4.69) is 4.98 Å². The molecule has 0 bridgehead atoms. The molecule has 3 aromatic rings. The van der Waals surface area contributed by atoms with Gasteiger partial charge in [0.2, 0.25) is 5.91 Å². The lowest BCUT2D eigenvalue weighted by molar-refractivity contribution is -0.116. The van der Waals surface area contributed by atoms with Crippen LogP contribution < -0.4 is 10.6 Å². The van der Waals surface area contributed by atoms with Crippen molar-refractivity contribution in [1.29, 1.82) is 0 Å². The molecule has 28 heavy (non-hydrogen) atoms. The van der Waals surface area contributed by atoms with Crippen LogP contribution in [0.2, 0.25) is 0 Å². The zero-order valence-electron chi connectivity index (χ0n) is 15.1. The molecule has 2 aromatic carbocycles. The summed E-state index contributed by atoms with van der Waals surface area (Å²) in [7, 11) is -4.09. The Morgan fingerprint density at radius 2 is 1.82 bits per heavy atom. The lowest BCUT2D eigenvalue weighted by Gasteiger charge is -2.15. The fourth-order valence-corrected chi connectivity index (χ4v) is 4.55. The lowest BCUT2D eigenvalue weighted by Crippen LogP contribution is -2.29. The van der Waals surface area contributed by atoms with Gasteiger partial charge in [0.25, 0.3) is 10.0 Å². The molecule has 0 N–H and O–H groups in total. The number of aromatic nitrogens is 2. The third-order valence-corrected chi connectivity index (χ3v) is 6.37. The first-order chi connectivity index (χ1) is 13.4. The van der Waals surface area contributed by atoms with Crippen molar-refractivity contribution in [2.75, 3.05) is 11.4 Å². The summed E-state index contributed by atoms with van der Waals surface area (Å²) < 4.78 is 26.6. The van der Waals surface area contributed by atoms with Gasteiger partial charge in [0.05, 0.1) is 10.6 Å².